The molecule has 0 aliphatic carbocycles. The first-order chi connectivity index (χ1) is 9.09. The molecule has 0 bridgehead atoms. The summed E-state index contributed by atoms with van der Waals surface area (Å²) in [5.74, 6) is 0. The lowest BCUT2D eigenvalue weighted by Crippen LogP contribution is -2.43. The summed E-state index contributed by atoms with van der Waals surface area (Å²) in [6, 6.07) is 3.37. The van der Waals surface area contributed by atoms with Gasteiger partial charge in [0, 0.05) is 11.6 Å². The maximum Gasteiger partial charge on any atom is 0.292 e. The Morgan fingerprint density at radius 3 is 2.45 bits per heavy atom. The molecule has 0 atom stereocenters. The van der Waals surface area contributed by atoms with E-state index in [0.717, 1.165) is 18.6 Å². The molecule has 8 heteroatoms. The third-order valence-electron chi connectivity index (χ3n) is 2.79. The lowest BCUT2D eigenvalue weighted by atomic mass is 10.0. The summed E-state index contributed by atoms with van der Waals surface area (Å²) in [6.07, 6.45) is 1.51. The van der Waals surface area contributed by atoms with Crippen LogP contribution in [0, 0.1) is 10.1 Å². The largest absolute Gasteiger partial charge is 0.393 e. The van der Waals surface area contributed by atoms with Gasteiger partial charge >= 0.3 is 0 Å². The van der Waals surface area contributed by atoms with E-state index in [9.17, 15) is 18.5 Å². The number of nitro benzene ring substituents is 1. The number of nitrogens with two attached hydrogens (primary N) is 1. The van der Waals surface area contributed by atoms with Crippen molar-refractivity contribution in [3.8, 4) is 0 Å². The van der Waals surface area contributed by atoms with Crippen LogP contribution in [0.3, 0.4) is 0 Å². The van der Waals surface area contributed by atoms with Crippen LogP contribution in [-0.2, 0) is 10.0 Å². The van der Waals surface area contributed by atoms with Crippen molar-refractivity contribution >= 4 is 21.4 Å². The molecule has 0 aliphatic rings. The highest BCUT2D eigenvalue weighted by molar-refractivity contribution is 7.89. The fourth-order valence-electron chi connectivity index (χ4n) is 1.96. The highest BCUT2D eigenvalue weighted by Gasteiger charge is 2.26. The highest BCUT2D eigenvalue weighted by atomic mass is 32.2. The van der Waals surface area contributed by atoms with Crippen molar-refractivity contribution in [1.29, 1.82) is 0 Å². The van der Waals surface area contributed by atoms with Crippen LogP contribution in [0.4, 0.5) is 11.4 Å². The zero-order chi connectivity index (χ0) is 15.6. The quantitative estimate of drug-likeness (QED) is 0.474. The Morgan fingerprint density at radius 1 is 1.40 bits per heavy atom. The topological polar surface area (TPSA) is 115 Å². The zero-order valence-corrected chi connectivity index (χ0v) is 12.5. The van der Waals surface area contributed by atoms with E-state index in [4.69, 9.17) is 5.73 Å². The van der Waals surface area contributed by atoms with Crippen molar-refractivity contribution in [2.24, 2.45) is 0 Å². The number of nitrogen functional groups attached to an aromatic ring is 1. The monoisotopic (exact) mass is 301 g/mol. The Kier molecular flexibility index (Phi) is 4.72. The highest BCUT2D eigenvalue weighted by Crippen LogP contribution is 2.25. The number of nitro groups is 1. The molecule has 112 valence electrons. The second kappa shape index (κ2) is 5.76. The standard InChI is InChI=1S/C12H19N3O4S/c1-4-7-12(2,3)14-20(18,19)9-5-6-11(15(16)17)10(13)8-9/h5-6,8,14H,4,7,13H2,1-3H3. The maximum atomic E-state index is 12.2. The summed E-state index contributed by atoms with van der Waals surface area (Å²) in [6.45, 7) is 5.52. The predicted molar refractivity (Wildman–Crippen MR) is 76.8 cm³/mol. The minimum atomic E-state index is -3.76. The Balaban J connectivity index is 3.11. The van der Waals surface area contributed by atoms with Gasteiger partial charge in [-0.3, -0.25) is 10.1 Å². The number of nitrogens with zero attached hydrogens (tertiary/aromatic N) is 1. The first-order valence-electron chi connectivity index (χ1n) is 6.17. The van der Waals surface area contributed by atoms with Crippen LogP contribution in [0.15, 0.2) is 23.1 Å². The van der Waals surface area contributed by atoms with Gasteiger partial charge in [0.1, 0.15) is 5.69 Å². The van der Waals surface area contributed by atoms with Crippen LogP contribution in [0.2, 0.25) is 0 Å². The molecule has 20 heavy (non-hydrogen) atoms. The molecule has 0 unspecified atom stereocenters. The molecule has 0 aliphatic heterocycles. The van der Waals surface area contributed by atoms with Crippen molar-refractivity contribution < 1.29 is 13.3 Å². The van der Waals surface area contributed by atoms with Crippen LogP contribution >= 0.6 is 0 Å². The van der Waals surface area contributed by atoms with Gasteiger partial charge in [-0.1, -0.05) is 13.3 Å². The molecule has 0 heterocycles. The summed E-state index contributed by atoms with van der Waals surface area (Å²) < 4.78 is 27.0. The second-order valence-electron chi connectivity index (χ2n) is 5.22. The van der Waals surface area contributed by atoms with Gasteiger partial charge in [0.05, 0.1) is 9.82 Å². The van der Waals surface area contributed by atoms with E-state index in [0.29, 0.717) is 6.42 Å². The number of hydrogen-bond donors (Lipinski definition) is 2. The third kappa shape index (κ3) is 3.91. The molecular formula is C12H19N3O4S. The minimum absolute atomic E-state index is 0.0789. The third-order valence-corrected chi connectivity index (χ3v) is 4.49. The van der Waals surface area contributed by atoms with Crippen LogP contribution in [0.25, 0.3) is 0 Å². The molecule has 7 nitrogen and oxygen atoms in total. The molecule has 0 spiro atoms. The Bertz CT molecular complexity index is 611. The molecule has 0 fully saturated rings. The van der Waals surface area contributed by atoms with E-state index in [1.807, 2.05) is 6.92 Å². The average molecular weight is 301 g/mol. The Hall–Kier alpha value is -1.67. The summed E-state index contributed by atoms with van der Waals surface area (Å²) >= 11 is 0. The van der Waals surface area contributed by atoms with Gasteiger partial charge in [0.15, 0.2) is 0 Å². The molecule has 0 amide bonds. The SMILES string of the molecule is CCCC(C)(C)NS(=O)(=O)c1ccc([N+](=O)[O-])c(N)c1. The number of anilines is 1. The smallest absolute Gasteiger partial charge is 0.292 e. The van der Waals surface area contributed by atoms with Gasteiger partial charge in [-0.25, -0.2) is 13.1 Å². The second-order valence-corrected chi connectivity index (χ2v) is 6.90. The van der Waals surface area contributed by atoms with Gasteiger partial charge in [-0.05, 0) is 32.4 Å². The van der Waals surface area contributed by atoms with E-state index >= 15 is 0 Å². The molecule has 0 aromatic heterocycles. The zero-order valence-electron chi connectivity index (χ0n) is 11.7. The van der Waals surface area contributed by atoms with Gasteiger partial charge in [-0.2, -0.15) is 0 Å². The number of rotatable bonds is 6. The Morgan fingerprint density at radius 2 is 2.00 bits per heavy atom. The predicted octanol–water partition coefficient (Wildman–Crippen LogP) is 2.03. The molecule has 0 radical (unpaired) electrons. The van der Waals surface area contributed by atoms with E-state index in [1.54, 1.807) is 13.8 Å². The first-order valence-corrected chi connectivity index (χ1v) is 7.65. The lowest BCUT2D eigenvalue weighted by Gasteiger charge is -2.25. The van der Waals surface area contributed by atoms with E-state index in [-0.39, 0.29) is 16.3 Å². The molecule has 1 aromatic carbocycles. The van der Waals surface area contributed by atoms with Crippen molar-refractivity contribution in [3.05, 3.63) is 28.3 Å². The van der Waals surface area contributed by atoms with E-state index in [1.165, 1.54) is 6.07 Å². The van der Waals surface area contributed by atoms with Crippen LogP contribution in [0.5, 0.6) is 0 Å². The van der Waals surface area contributed by atoms with Gasteiger partial charge < -0.3 is 5.73 Å². The van der Waals surface area contributed by atoms with Crippen molar-refractivity contribution in [3.63, 3.8) is 0 Å². The molecule has 3 N–H and O–H groups in total. The van der Waals surface area contributed by atoms with Crippen LogP contribution in [-0.4, -0.2) is 18.9 Å². The van der Waals surface area contributed by atoms with Gasteiger partial charge in [-0.15, -0.1) is 0 Å². The van der Waals surface area contributed by atoms with Crippen molar-refractivity contribution in [1.82, 2.24) is 4.72 Å². The summed E-state index contributed by atoms with van der Waals surface area (Å²) in [5, 5.41) is 10.7. The van der Waals surface area contributed by atoms with E-state index < -0.39 is 20.5 Å². The van der Waals surface area contributed by atoms with Crippen molar-refractivity contribution in [2.75, 3.05) is 5.73 Å². The molecule has 0 saturated carbocycles. The normalized spacial score (nSPS) is 12.3. The fraction of sp³-hybridized carbons (Fsp3) is 0.500. The first kappa shape index (κ1) is 16.4. The summed E-state index contributed by atoms with van der Waals surface area (Å²) in [7, 11) is -3.76. The van der Waals surface area contributed by atoms with Gasteiger partial charge in [0.25, 0.3) is 5.69 Å². The number of sulfonamides is 1. The maximum absolute atomic E-state index is 12.2. The fourth-order valence-corrected chi connectivity index (χ4v) is 3.44. The van der Waals surface area contributed by atoms with Gasteiger partial charge in [0.2, 0.25) is 10.0 Å². The van der Waals surface area contributed by atoms with E-state index in [2.05, 4.69) is 4.72 Å². The lowest BCUT2D eigenvalue weighted by molar-refractivity contribution is -0.383. The number of hydrogen-bond acceptors (Lipinski definition) is 5. The summed E-state index contributed by atoms with van der Waals surface area (Å²) in [4.78, 5) is 9.93. The number of benzene rings is 1. The molecule has 1 rings (SSSR count). The molecule has 1 aromatic rings. The van der Waals surface area contributed by atoms with Crippen LogP contribution in [0.1, 0.15) is 33.6 Å². The summed E-state index contributed by atoms with van der Waals surface area (Å²) in [5.41, 5.74) is 4.43. The number of nitrogens with one attached hydrogen (secondary N) is 1. The van der Waals surface area contributed by atoms with Crippen LogP contribution < -0.4 is 10.5 Å². The Labute approximate surface area is 118 Å². The minimum Gasteiger partial charge on any atom is -0.393 e. The van der Waals surface area contributed by atoms with Crippen molar-refractivity contribution in [2.45, 2.75) is 44.0 Å². The molecule has 0 saturated heterocycles. The average Bonchev–Trinajstić information content (AvgIpc) is 2.26. The molecular weight excluding hydrogens is 282 g/mol.